The second kappa shape index (κ2) is 11.7. The van der Waals surface area contributed by atoms with Gasteiger partial charge in [0.05, 0.1) is 19.1 Å². The Morgan fingerprint density at radius 3 is 2.36 bits per heavy atom. The Hall–Kier alpha value is -3.07. The number of sulfonamides is 1. The molecule has 0 aliphatic rings. The minimum atomic E-state index is -3.82. The SMILES string of the molecule is CCNC(=O)C(CC)N(Cc1cccc(C)c1)C(=O)CN(c1ccccc1OC)S(C)(=O)=O. The largest absolute Gasteiger partial charge is 0.495 e. The first kappa shape index (κ1) is 26.2. The lowest BCUT2D eigenvalue weighted by atomic mass is 10.1. The molecule has 2 aromatic carbocycles. The zero-order valence-corrected chi connectivity index (χ0v) is 20.7. The van der Waals surface area contributed by atoms with E-state index in [1.165, 1.54) is 12.0 Å². The summed E-state index contributed by atoms with van der Waals surface area (Å²) < 4.78 is 31.6. The number of hydrogen-bond donors (Lipinski definition) is 1. The average molecular weight is 476 g/mol. The topological polar surface area (TPSA) is 96.0 Å². The van der Waals surface area contributed by atoms with Crippen LogP contribution in [-0.2, 0) is 26.2 Å². The van der Waals surface area contributed by atoms with Crippen molar-refractivity contribution in [1.29, 1.82) is 0 Å². The molecule has 0 aliphatic carbocycles. The van der Waals surface area contributed by atoms with Crippen LogP contribution in [0.25, 0.3) is 0 Å². The Morgan fingerprint density at radius 1 is 1.09 bits per heavy atom. The van der Waals surface area contributed by atoms with Crippen molar-refractivity contribution in [2.45, 2.75) is 39.8 Å². The number of nitrogens with zero attached hydrogens (tertiary/aromatic N) is 2. The van der Waals surface area contributed by atoms with Gasteiger partial charge in [0, 0.05) is 13.1 Å². The zero-order valence-electron chi connectivity index (χ0n) is 19.9. The van der Waals surface area contributed by atoms with Gasteiger partial charge in [-0.05, 0) is 38.0 Å². The van der Waals surface area contributed by atoms with Crippen molar-refractivity contribution < 1.29 is 22.7 Å². The highest BCUT2D eigenvalue weighted by atomic mass is 32.2. The van der Waals surface area contributed by atoms with Crippen molar-refractivity contribution in [3.63, 3.8) is 0 Å². The highest BCUT2D eigenvalue weighted by Crippen LogP contribution is 2.29. The van der Waals surface area contributed by atoms with Crippen LogP contribution in [0.2, 0.25) is 0 Å². The summed E-state index contributed by atoms with van der Waals surface area (Å²) in [5.41, 5.74) is 2.14. The van der Waals surface area contributed by atoms with E-state index in [1.807, 2.05) is 45.0 Å². The number of amides is 2. The molecule has 0 spiro atoms. The first-order chi connectivity index (χ1) is 15.6. The van der Waals surface area contributed by atoms with Crippen LogP contribution in [0.15, 0.2) is 48.5 Å². The lowest BCUT2D eigenvalue weighted by Gasteiger charge is -2.33. The van der Waals surface area contributed by atoms with Gasteiger partial charge in [0.25, 0.3) is 0 Å². The van der Waals surface area contributed by atoms with Crippen molar-refractivity contribution in [2.75, 3.05) is 30.8 Å². The number of anilines is 1. The predicted octanol–water partition coefficient (Wildman–Crippen LogP) is 2.71. The third-order valence-electron chi connectivity index (χ3n) is 5.21. The number of carbonyl (C=O) groups is 2. The average Bonchev–Trinajstić information content (AvgIpc) is 2.76. The van der Waals surface area contributed by atoms with Crippen molar-refractivity contribution in [3.05, 3.63) is 59.7 Å². The van der Waals surface area contributed by atoms with Gasteiger partial charge in [0.15, 0.2) is 0 Å². The van der Waals surface area contributed by atoms with Crippen LogP contribution in [0.3, 0.4) is 0 Å². The lowest BCUT2D eigenvalue weighted by molar-refractivity contribution is -0.140. The summed E-state index contributed by atoms with van der Waals surface area (Å²) in [4.78, 5) is 27.8. The molecule has 0 fully saturated rings. The van der Waals surface area contributed by atoms with E-state index in [-0.39, 0.29) is 18.1 Å². The molecular weight excluding hydrogens is 442 g/mol. The van der Waals surface area contributed by atoms with E-state index in [4.69, 9.17) is 4.74 Å². The van der Waals surface area contributed by atoms with Crippen LogP contribution in [0.4, 0.5) is 5.69 Å². The normalized spacial score (nSPS) is 12.0. The number of nitrogens with one attached hydrogen (secondary N) is 1. The van der Waals surface area contributed by atoms with E-state index >= 15 is 0 Å². The van der Waals surface area contributed by atoms with Crippen molar-refractivity contribution in [2.24, 2.45) is 0 Å². The second-order valence-corrected chi connectivity index (χ2v) is 9.68. The van der Waals surface area contributed by atoms with E-state index < -0.39 is 28.5 Å². The van der Waals surface area contributed by atoms with Gasteiger partial charge in [-0.2, -0.15) is 0 Å². The molecule has 0 saturated heterocycles. The molecule has 0 radical (unpaired) electrons. The van der Waals surface area contributed by atoms with E-state index in [2.05, 4.69) is 5.32 Å². The minimum absolute atomic E-state index is 0.180. The molecule has 180 valence electrons. The number of ether oxygens (including phenoxy) is 1. The summed E-state index contributed by atoms with van der Waals surface area (Å²) in [6, 6.07) is 13.5. The fourth-order valence-corrected chi connectivity index (χ4v) is 4.50. The highest BCUT2D eigenvalue weighted by molar-refractivity contribution is 7.92. The monoisotopic (exact) mass is 475 g/mol. The fraction of sp³-hybridized carbons (Fsp3) is 0.417. The quantitative estimate of drug-likeness (QED) is 0.539. The molecule has 2 rings (SSSR count). The van der Waals surface area contributed by atoms with Crippen LogP contribution in [-0.4, -0.2) is 57.6 Å². The first-order valence-corrected chi connectivity index (χ1v) is 12.7. The minimum Gasteiger partial charge on any atom is -0.495 e. The van der Waals surface area contributed by atoms with Crippen LogP contribution in [0, 0.1) is 6.92 Å². The Morgan fingerprint density at radius 2 is 1.79 bits per heavy atom. The maximum absolute atomic E-state index is 13.6. The van der Waals surface area contributed by atoms with E-state index in [1.54, 1.807) is 24.3 Å². The second-order valence-electron chi connectivity index (χ2n) is 7.77. The van der Waals surface area contributed by atoms with Crippen LogP contribution >= 0.6 is 0 Å². The Kier molecular flexibility index (Phi) is 9.28. The van der Waals surface area contributed by atoms with Gasteiger partial charge in [-0.25, -0.2) is 8.42 Å². The van der Waals surface area contributed by atoms with Crippen LogP contribution < -0.4 is 14.4 Å². The molecule has 1 unspecified atom stereocenters. The number of carbonyl (C=O) groups excluding carboxylic acids is 2. The van der Waals surface area contributed by atoms with Gasteiger partial charge in [-0.1, -0.05) is 48.9 Å². The van der Waals surface area contributed by atoms with Gasteiger partial charge < -0.3 is 15.0 Å². The van der Waals surface area contributed by atoms with Crippen LogP contribution in [0.1, 0.15) is 31.4 Å². The number of benzene rings is 2. The molecule has 0 saturated carbocycles. The third kappa shape index (κ3) is 6.95. The molecule has 9 heteroatoms. The Bertz CT molecular complexity index is 1070. The summed E-state index contributed by atoms with van der Waals surface area (Å²) in [6.07, 6.45) is 1.43. The summed E-state index contributed by atoms with van der Waals surface area (Å²) in [5.74, 6) is -0.424. The van der Waals surface area contributed by atoms with Crippen LogP contribution in [0.5, 0.6) is 5.75 Å². The maximum Gasteiger partial charge on any atom is 0.244 e. The molecule has 2 amide bonds. The smallest absolute Gasteiger partial charge is 0.244 e. The molecule has 1 N–H and O–H groups in total. The zero-order chi connectivity index (χ0) is 24.6. The molecule has 1 atom stereocenters. The molecule has 0 bridgehead atoms. The first-order valence-electron chi connectivity index (χ1n) is 10.9. The molecule has 0 heterocycles. The third-order valence-corrected chi connectivity index (χ3v) is 6.33. The highest BCUT2D eigenvalue weighted by Gasteiger charge is 2.32. The fourth-order valence-electron chi connectivity index (χ4n) is 3.65. The van der Waals surface area contributed by atoms with E-state index in [0.29, 0.717) is 18.7 Å². The predicted molar refractivity (Wildman–Crippen MR) is 130 cm³/mol. The van der Waals surface area contributed by atoms with E-state index in [9.17, 15) is 18.0 Å². The van der Waals surface area contributed by atoms with Gasteiger partial charge in [-0.3, -0.25) is 13.9 Å². The molecule has 33 heavy (non-hydrogen) atoms. The van der Waals surface area contributed by atoms with Crippen molar-refractivity contribution >= 4 is 27.5 Å². The molecule has 0 aromatic heterocycles. The molecule has 2 aromatic rings. The summed E-state index contributed by atoms with van der Waals surface area (Å²) >= 11 is 0. The van der Waals surface area contributed by atoms with E-state index in [0.717, 1.165) is 21.7 Å². The van der Waals surface area contributed by atoms with Crippen molar-refractivity contribution in [1.82, 2.24) is 10.2 Å². The molecule has 8 nitrogen and oxygen atoms in total. The summed E-state index contributed by atoms with van der Waals surface area (Å²) in [6.45, 7) is 5.73. The maximum atomic E-state index is 13.6. The van der Waals surface area contributed by atoms with Gasteiger partial charge in [-0.15, -0.1) is 0 Å². The standard InChI is InChI=1S/C24H33N3O5S/c1-6-20(24(29)25-7-2)26(16-19-12-10-11-18(3)15-19)23(28)17-27(33(5,30)31)21-13-8-9-14-22(21)32-4/h8-15,20H,6-7,16-17H2,1-5H3,(H,25,29). The molecule has 0 aliphatic heterocycles. The number of hydrogen-bond acceptors (Lipinski definition) is 5. The number of likely N-dealkylation sites (N-methyl/N-ethyl adjacent to an activating group) is 1. The summed E-state index contributed by atoms with van der Waals surface area (Å²) in [5, 5.41) is 2.78. The van der Waals surface area contributed by atoms with Gasteiger partial charge in [0.2, 0.25) is 21.8 Å². The number of aryl methyl sites for hydroxylation is 1. The summed E-state index contributed by atoms with van der Waals surface area (Å²) in [7, 11) is -2.38. The number of rotatable bonds is 11. The number of para-hydroxylation sites is 2. The van der Waals surface area contributed by atoms with Crippen molar-refractivity contribution in [3.8, 4) is 5.75 Å². The Balaban J connectivity index is 2.47. The van der Waals surface area contributed by atoms with Gasteiger partial charge >= 0.3 is 0 Å². The number of methoxy groups -OCH3 is 1. The van der Waals surface area contributed by atoms with Gasteiger partial charge in [0.1, 0.15) is 18.3 Å². The lowest BCUT2D eigenvalue weighted by Crippen LogP contribution is -2.52. The Labute approximate surface area is 196 Å². The molecular formula is C24H33N3O5S.